The summed E-state index contributed by atoms with van der Waals surface area (Å²) in [5.74, 6) is -0.0767. The van der Waals surface area contributed by atoms with Crippen LogP contribution in [-0.4, -0.2) is 16.1 Å². The van der Waals surface area contributed by atoms with Crippen molar-refractivity contribution in [3.05, 3.63) is 106 Å². The normalized spacial score (nSPS) is 15.5. The lowest BCUT2D eigenvalue weighted by Gasteiger charge is -2.26. The molecular weight excluding hydrogens is 394 g/mol. The lowest BCUT2D eigenvalue weighted by Crippen LogP contribution is -2.29. The fourth-order valence-corrected chi connectivity index (χ4v) is 4.14. The van der Waals surface area contributed by atoms with Crippen molar-refractivity contribution in [1.82, 2.24) is 10.2 Å². The maximum Gasteiger partial charge on any atom is 0.277 e. The van der Waals surface area contributed by atoms with Crippen molar-refractivity contribution in [2.45, 2.75) is 19.9 Å². The van der Waals surface area contributed by atoms with Crippen LogP contribution >= 0.6 is 11.6 Å². The summed E-state index contributed by atoms with van der Waals surface area (Å²) in [4.78, 5) is 15.3. The van der Waals surface area contributed by atoms with Crippen LogP contribution < -0.4 is 4.90 Å². The Hall–Kier alpha value is -3.37. The van der Waals surface area contributed by atoms with E-state index in [1.165, 1.54) is 5.56 Å². The molecule has 4 aromatic rings. The number of amides is 1. The molecule has 1 aromatic heterocycles. The van der Waals surface area contributed by atoms with Gasteiger partial charge in [-0.25, -0.2) is 0 Å². The van der Waals surface area contributed by atoms with Gasteiger partial charge < -0.3 is 0 Å². The number of aromatic nitrogens is 2. The first kappa shape index (κ1) is 18.6. The molecule has 0 aliphatic carbocycles. The first-order valence-electron chi connectivity index (χ1n) is 9.84. The Kier molecular flexibility index (Phi) is 4.44. The van der Waals surface area contributed by atoms with Crippen LogP contribution in [0.25, 0.3) is 11.3 Å². The van der Waals surface area contributed by atoms with Crippen molar-refractivity contribution >= 4 is 23.2 Å². The Morgan fingerprint density at radius 1 is 0.867 bits per heavy atom. The van der Waals surface area contributed by atoms with Gasteiger partial charge >= 0.3 is 0 Å². The molecule has 0 spiro atoms. The molecule has 30 heavy (non-hydrogen) atoms. The van der Waals surface area contributed by atoms with E-state index in [0.29, 0.717) is 10.7 Å². The second-order valence-electron chi connectivity index (χ2n) is 7.69. The summed E-state index contributed by atoms with van der Waals surface area (Å²) in [6.07, 6.45) is 0. The maximum absolute atomic E-state index is 13.5. The quantitative estimate of drug-likeness (QED) is 0.441. The van der Waals surface area contributed by atoms with Crippen molar-refractivity contribution < 1.29 is 4.79 Å². The van der Waals surface area contributed by atoms with Gasteiger partial charge in [-0.15, -0.1) is 0 Å². The number of hydrogen-bond donors (Lipinski definition) is 1. The van der Waals surface area contributed by atoms with Gasteiger partial charge in [-0.1, -0.05) is 71.3 Å². The van der Waals surface area contributed by atoms with Crippen molar-refractivity contribution in [1.29, 1.82) is 0 Å². The molecule has 0 saturated carbocycles. The van der Waals surface area contributed by atoms with Crippen LogP contribution in [0.3, 0.4) is 0 Å². The van der Waals surface area contributed by atoms with E-state index in [-0.39, 0.29) is 11.9 Å². The highest BCUT2D eigenvalue weighted by atomic mass is 35.5. The van der Waals surface area contributed by atoms with Gasteiger partial charge in [-0.05, 0) is 43.7 Å². The van der Waals surface area contributed by atoms with E-state index in [4.69, 9.17) is 11.6 Å². The number of fused-ring (bicyclic) bond motifs is 1. The first-order chi connectivity index (χ1) is 14.5. The van der Waals surface area contributed by atoms with Crippen LogP contribution in [0.4, 0.5) is 5.69 Å². The van der Waals surface area contributed by atoms with Gasteiger partial charge in [0.15, 0.2) is 0 Å². The summed E-state index contributed by atoms with van der Waals surface area (Å²) < 4.78 is 0. The van der Waals surface area contributed by atoms with Crippen molar-refractivity contribution in [2.75, 3.05) is 4.90 Å². The number of nitrogens with one attached hydrogen (secondary N) is 1. The molecule has 1 aliphatic heterocycles. The second kappa shape index (κ2) is 7.15. The smallest absolute Gasteiger partial charge is 0.277 e. The Balaban J connectivity index is 1.71. The van der Waals surface area contributed by atoms with Crippen LogP contribution in [0.1, 0.15) is 38.8 Å². The molecule has 0 radical (unpaired) electrons. The van der Waals surface area contributed by atoms with Gasteiger partial charge in [0.1, 0.15) is 5.69 Å². The number of carbonyl (C=O) groups excluding carboxylic acids is 1. The molecule has 5 heteroatoms. The van der Waals surface area contributed by atoms with Crippen LogP contribution in [0, 0.1) is 13.8 Å². The van der Waals surface area contributed by atoms with Crippen LogP contribution in [0.2, 0.25) is 5.02 Å². The number of hydrogen-bond acceptors (Lipinski definition) is 2. The summed E-state index contributed by atoms with van der Waals surface area (Å²) in [6.45, 7) is 4.10. The number of H-pyrrole nitrogens is 1. The number of rotatable bonds is 3. The first-order valence-corrected chi connectivity index (χ1v) is 10.2. The molecule has 0 fully saturated rings. The summed E-state index contributed by atoms with van der Waals surface area (Å²) in [5.41, 5.74) is 7.36. The van der Waals surface area contributed by atoms with E-state index in [1.54, 1.807) is 0 Å². The van der Waals surface area contributed by atoms with Crippen LogP contribution in [0.15, 0.2) is 72.8 Å². The highest BCUT2D eigenvalue weighted by molar-refractivity contribution is 6.30. The SMILES string of the molecule is Cc1ccc([C@H]2c3c(-c4ccc(Cl)cc4)n[nH]c3C(=O)N2c2ccc(C)cc2)cc1. The second-order valence-corrected chi connectivity index (χ2v) is 8.13. The number of anilines is 1. The number of halogens is 1. The van der Waals surface area contributed by atoms with Gasteiger partial charge in [0.25, 0.3) is 5.91 Å². The summed E-state index contributed by atoms with van der Waals surface area (Å²) in [5, 5.41) is 8.17. The zero-order valence-corrected chi connectivity index (χ0v) is 17.4. The van der Waals surface area contributed by atoms with E-state index in [0.717, 1.165) is 33.6 Å². The lowest BCUT2D eigenvalue weighted by molar-refractivity contribution is 0.0989. The molecule has 4 nitrogen and oxygen atoms in total. The molecule has 148 valence electrons. The van der Waals surface area contributed by atoms with Gasteiger partial charge in [-0.3, -0.25) is 14.8 Å². The Morgan fingerprint density at radius 2 is 1.47 bits per heavy atom. The van der Waals surface area contributed by atoms with Crippen molar-refractivity contribution in [3.8, 4) is 11.3 Å². The molecule has 1 atom stereocenters. The Bertz CT molecular complexity index is 1230. The standard InChI is InChI=1S/C25H20ClN3O/c1-15-3-7-18(8-4-15)24-21-22(17-9-11-19(26)12-10-17)27-28-23(21)25(30)29(24)20-13-5-16(2)6-14-20/h3-14,24H,1-2H3,(H,27,28)/t24-/m0/s1. The number of aryl methyl sites for hydroxylation is 2. The molecule has 1 aliphatic rings. The summed E-state index contributed by atoms with van der Waals surface area (Å²) >= 11 is 6.08. The van der Waals surface area contributed by atoms with Crippen molar-refractivity contribution in [2.24, 2.45) is 0 Å². The summed E-state index contributed by atoms with van der Waals surface area (Å²) in [7, 11) is 0. The van der Waals surface area contributed by atoms with Crippen LogP contribution in [-0.2, 0) is 0 Å². The molecule has 0 saturated heterocycles. The molecular formula is C25H20ClN3O. The topological polar surface area (TPSA) is 49.0 Å². The predicted octanol–water partition coefficient (Wildman–Crippen LogP) is 6.10. The van der Waals surface area contributed by atoms with E-state index in [9.17, 15) is 4.79 Å². The zero-order valence-electron chi connectivity index (χ0n) is 16.7. The Labute approximate surface area is 180 Å². The molecule has 1 amide bonds. The average Bonchev–Trinajstić information content (AvgIpc) is 3.29. The molecule has 2 heterocycles. The minimum Gasteiger partial charge on any atom is -0.295 e. The number of benzene rings is 3. The molecule has 3 aromatic carbocycles. The minimum atomic E-state index is -0.264. The van der Waals surface area contributed by atoms with Crippen molar-refractivity contribution in [3.63, 3.8) is 0 Å². The third kappa shape index (κ3) is 3.01. The fraction of sp³-hybridized carbons (Fsp3) is 0.120. The van der Waals surface area contributed by atoms with E-state index >= 15 is 0 Å². The zero-order chi connectivity index (χ0) is 20.8. The number of carbonyl (C=O) groups is 1. The molecule has 0 bridgehead atoms. The van der Waals surface area contributed by atoms with Gasteiger partial charge in [-0.2, -0.15) is 5.10 Å². The predicted molar refractivity (Wildman–Crippen MR) is 120 cm³/mol. The number of aromatic amines is 1. The highest BCUT2D eigenvalue weighted by Gasteiger charge is 2.43. The van der Waals surface area contributed by atoms with Gasteiger partial charge in [0.05, 0.1) is 11.7 Å². The third-order valence-electron chi connectivity index (χ3n) is 5.59. The van der Waals surface area contributed by atoms with E-state index in [2.05, 4.69) is 41.4 Å². The largest absolute Gasteiger partial charge is 0.295 e. The lowest BCUT2D eigenvalue weighted by atomic mass is 9.95. The molecule has 5 rings (SSSR count). The van der Waals surface area contributed by atoms with E-state index in [1.807, 2.05) is 60.4 Å². The number of nitrogens with zero attached hydrogens (tertiary/aromatic N) is 2. The van der Waals surface area contributed by atoms with Gasteiger partial charge in [0, 0.05) is 21.8 Å². The molecule has 0 unspecified atom stereocenters. The third-order valence-corrected chi connectivity index (χ3v) is 5.84. The van der Waals surface area contributed by atoms with Crippen LogP contribution in [0.5, 0.6) is 0 Å². The molecule has 1 N–H and O–H groups in total. The highest BCUT2D eigenvalue weighted by Crippen LogP contribution is 2.45. The Morgan fingerprint density at radius 3 is 2.10 bits per heavy atom. The average molecular weight is 414 g/mol. The van der Waals surface area contributed by atoms with E-state index < -0.39 is 0 Å². The summed E-state index contributed by atoms with van der Waals surface area (Å²) in [6, 6.07) is 23.7. The monoisotopic (exact) mass is 413 g/mol. The fourth-order valence-electron chi connectivity index (χ4n) is 4.01. The van der Waals surface area contributed by atoms with Gasteiger partial charge in [0.2, 0.25) is 0 Å². The minimum absolute atomic E-state index is 0.0767. The maximum atomic E-state index is 13.5.